The SMILES string of the molecule is CC(C)[Si](C(C)C)(C(C)C)n1cc(C2CCCCC2)c2ccc(Nc3ccc4c(c3)OCO4)nc21. The zero-order valence-corrected chi connectivity index (χ0v) is 23.2. The number of aromatic nitrogens is 2. The van der Waals surface area contributed by atoms with Crippen LogP contribution < -0.4 is 14.8 Å². The summed E-state index contributed by atoms with van der Waals surface area (Å²) in [6, 6.07) is 10.4. The number of fused-ring (bicyclic) bond motifs is 2. The summed E-state index contributed by atoms with van der Waals surface area (Å²) in [6.07, 6.45) is 9.21. The number of hydrogen-bond donors (Lipinski definition) is 1. The average Bonchev–Trinajstić information content (AvgIpc) is 3.44. The van der Waals surface area contributed by atoms with Gasteiger partial charge in [-0.1, -0.05) is 60.8 Å². The number of anilines is 2. The first-order chi connectivity index (χ1) is 16.8. The van der Waals surface area contributed by atoms with Crippen molar-refractivity contribution < 1.29 is 9.47 Å². The number of benzene rings is 1. The first-order valence-corrected chi connectivity index (χ1v) is 15.7. The third-order valence-corrected chi connectivity index (χ3v) is 15.3. The van der Waals surface area contributed by atoms with Crippen molar-refractivity contribution in [3.63, 3.8) is 0 Å². The van der Waals surface area contributed by atoms with Crippen molar-refractivity contribution in [2.24, 2.45) is 0 Å². The van der Waals surface area contributed by atoms with Gasteiger partial charge in [-0.25, -0.2) is 4.98 Å². The Morgan fingerprint density at radius 1 is 0.886 bits per heavy atom. The lowest BCUT2D eigenvalue weighted by molar-refractivity contribution is 0.174. The second-order valence-electron chi connectivity index (χ2n) is 11.4. The molecule has 0 bridgehead atoms. The summed E-state index contributed by atoms with van der Waals surface area (Å²) < 4.78 is 13.8. The van der Waals surface area contributed by atoms with E-state index in [0.29, 0.717) is 22.5 Å². The van der Waals surface area contributed by atoms with Crippen LogP contribution in [0.15, 0.2) is 36.5 Å². The van der Waals surface area contributed by atoms with Crippen LogP contribution in [-0.2, 0) is 0 Å². The van der Waals surface area contributed by atoms with E-state index < -0.39 is 8.24 Å². The molecule has 1 saturated carbocycles. The van der Waals surface area contributed by atoms with Crippen molar-refractivity contribution in [1.82, 2.24) is 9.22 Å². The fourth-order valence-electron chi connectivity index (χ4n) is 7.19. The Bertz CT molecular complexity index is 1170. The molecule has 0 saturated heterocycles. The number of ether oxygens (including phenoxy) is 2. The van der Waals surface area contributed by atoms with E-state index in [1.807, 2.05) is 18.2 Å². The van der Waals surface area contributed by atoms with Gasteiger partial charge in [-0.3, -0.25) is 0 Å². The van der Waals surface area contributed by atoms with Crippen molar-refractivity contribution in [3.8, 4) is 11.5 Å². The van der Waals surface area contributed by atoms with E-state index in [-0.39, 0.29) is 6.79 Å². The molecule has 5 rings (SSSR count). The van der Waals surface area contributed by atoms with E-state index in [1.165, 1.54) is 48.7 Å². The molecule has 1 aliphatic heterocycles. The quantitative estimate of drug-likeness (QED) is 0.336. The van der Waals surface area contributed by atoms with Crippen molar-refractivity contribution in [3.05, 3.63) is 42.1 Å². The Hall–Kier alpha value is -2.47. The molecule has 1 N–H and O–H groups in total. The zero-order valence-electron chi connectivity index (χ0n) is 22.2. The standard InChI is InChI=1S/C29H41N3O2Si/c1-19(2)35(20(3)4,21(5)6)32-17-25(22-10-8-7-9-11-22)24-13-15-28(31-29(24)32)30-23-12-14-26-27(16-23)34-18-33-26/h12-17,19-22H,7-11,18H2,1-6H3,(H,30,31). The topological polar surface area (TPSA) is 48.3 Å². The van der Waals surface area contributed by atoms with Gasteiger partial charge in [-0.05, 0) is 65.2 Å². The minimum atomic E-state index is -1.95. The summed E-state index contributed by atoms with van der Waals surface area (Å²) in [7, 11) is -1.95. The Morgan fingerprint density at radius 2 is 1.57 bits per heavy atom. The molecule has 1 aromatic carbocycles. The van der Waals surface area contributed by atoms with E-state index in [9.17, 15) is 0 Å². The van der Waals surface area contributed by atoms with E-state index in [1.54, 1.807) is 0 Å². The van der Waals surface area contributed by atoms with Crippen molar-refractivity contribution in [1.29, 1.82) is 0 Å². The number of nitrogens with zero attached hydrogens (tertiary/aromatic N) is 2. The van der Waals surface area contributed by atoms with Crippen molar-refractivity contribution in [2.45, 2.75) is 96.2 Å². The maximum absolute atomic E-state index is 5.58. The normalized spacial score (nSPS) is 16.7. The highest BCUT2D eigenvalue weighted by molar-refractivity contribution is 6.82. The molecule has 0 amide bonds. The molecular weight excluding hydrogens is 450 g/mol. The summed E-state index contributed by atoms with van der Waals surface area (Å²) in [5, 5.41) is 4.89. The van der Waals surface area contributed by atoms with Gasteiger partial charge in [0, 0.05) is 23.3 Å². The first-order valence-electron chi connectivity index (χ1n) is 13.5. The van der Waals surface area contributed by atoms with Gasteiger partial charge in [0.2, 0.25) is 6.79 Å². The van der Waals surface area contributed by atoms with E-state index >= 15 is 0 Å². The summed E-state index contributed by atoms with van der Waals surface area (Å²) >= 11 is 0. The van der Waals surface area contributed by atoms with Gasteiger partial charge in [0.25, 0.3) is 0 Å². The Labute approximate surface area is 211 Å². The molecule has 35 heavy (non-hydrogen) atoms. The smallest absolute Gasteiger partial charge is 0.231 e. The van der Waals surface area contributed by atoms with E-state index in [2.05, 4.69) is 69.4 Å². The molecule has 0 radical (unpaired) electrons. The maximum Gasteiger partial charge on any atom is 0.231 e. The van der Waals surface area contributed by atoms with Gasteiger partial charge in [-0.2, -0.15) is 0 Å². The molecule has 5 nitrogen and oxygen atoms in total. The first kappa shape index (κ1) is 24.2. The van der Waals surface area contributed by atoms with Crippen LogP contribution in [-0.4, -0.2) is 24.2 Å². The third kappa shape index (κ3) is 4.14. The molecule has 3 heterocycles. The van der Waals surface area contributed by atoms with E-state index in [0.717, 1.165) is 23.0 Å². The fraction of sp³-hybridized carbons (Fsp3) is 0.552. The molecule has 2 aliphatic rings. The molecule has 3 aromatic rings. The van der Waals surface area contributed by atoms with Crippen LogP contribution in [0.4, 0.5) is 11.5 Å². The highest BCUT2D eigenvalue weighted by atomic mass is 28.3. The molecule has 0 atom stereocenters. The average molecular weight is 492 g/mol. The van der Waals surface area contributed by atoms with Crippen LogP contribution >= 0.6 is 0 Å². The molecule has 188 valence electrons. The minimum absolute atomic E-state index is 0.284. The molecular formula is C29H41N3O2Si. The predicted molar refractivity (Wildman–Crippen MR) is 148 cm³/mol. The fourth-order valence-corrected chi connectivity index (χ4v) is 13.8. The lowest BCUT2D eigenvalue weighted by Crippen LogP contribution is -2.51. The number of nitrogens with one attached hydrogen (secondary N) is 1. The third-order valence-electron chi connectivity index (χ3n) is 8.56. The van der Waals surface area contributed by atoms with E-state index in [4.69, 9.17) is 14.5 Å². The maximum atomic E-state index is 5.58. The molecule has 0 spiro atoms. The monoisotopic (exact) mass is 491 g/mol. The summed E-state index contributed by atoms with van der Waals surface area (Å²) in [4.78, 5) is 5.31. The van der Waals surface area contributed by atoms with Crippen LogP contribution in [0.5, 0.6) is 11.5 Å². The van der Waals surface area contributed by atoms with Crippen LogP contribution in [0.2, 0.25) is 16.6 Å². The van der Waals surface area contributed by atoms with Gasteiger partial charge in [0.05, 0.1) is 0 Å². The molecule has 1 fully saturated rings. The van der Waals surface area contributed by atoms with Gasteiger partial charge in [0.15, 0.2) is 19.7 Å². The van der Waals surface area contributed by atoms with Crippen molar-refractivity contribution in [2.75, 3.05) is 12.1 Å². The van der Waals surface area contributed by atoms with Gasteiger partial charge in [-0.15, -0.1) is 0 Å². The summed E-state index contributed by atoms with van der Waals surface area (Å²) in [5.74, 6) is 3.11. The Balaban J connectivity index is 1.64. The number of rotatable bonds is 7. The second-order valence-corrected chi connectivity index (χ2v) is 17.1. The minimum Gasteiger partial charge on any atom is -0.454 e. The van der Waals surface area contributed by atoms with Crippen molar-refractivity contribution >= 4 is 30.8 Å². The van der Waals surface area contributed by atoms with Crippen LogP contribution in [0, 0.1) is 0 Å². The lowest BCUT2D eigenvalue weighted by atomic mass is 9.84. The molecule has 2 aromatic heterocycles. The van der Waals surface area contributed by atoms with Crippen LogP contribution in [0.3, 0.4) is 0 Å². The number of pyridine rings is 1. The summed E-state index contributed by atoms with van der Waals surface area (Å²) in [6.45, 7) is 14.9. The Morgan fingerprint density at radius 3 is 2.26 bits per heavy atom. The van der Waals surface area contributed by atoms with Gasteiger partial charge >= 0.3 is 0 Å². The molecule has 1 aliphatic carbocycles. The second kappa shape index (κ2) is 9.53. The molecule has 6 heteroatoms. The van der Waals surface area contributed by atoms with Crippen LogP contribution in [0.25, 0.3) is 11.0 Å². The zero-order chi connectivity index (χ0) is 24.7. The van der Waals surface area contributed by atoms with Gasteiger partial charge in [0.1, 0.15) is 11.5 Å². The number of hydrogen-bond acceptors (Lipinski definition) is 4. The molecule has 0 unspecified atom stereocenters. The Kier molecular flexibility index (Phi) is 6.60. The lowest BCUT2D eigenvalue weighted by Gasteiger charge is -2.44. The summed E-state index contributed by atoms with van der Waals surface area (Å²) in [5.41, 5.74) is 5.50. The highest BCUT2D eigenvalue weighted by Crippen LogP contribution is 2.47. The van der Waals surface area contributed by atoms with Crippen LogP contribution in [0.1, 0.15) is 85.1 Å². The largest absolute Gasteiger partial charge is 0.454 e. The highest BCUT2D eigenvalue weighted by Gasteiger charge is 2.46. The predicted octanol–water partition coefficient (Wildman–Crippen LogP) is 8.58. The van der Waals surface area contributed by atoms with Gasteiger partial charge < -0.3 is 19.0 Å².